The van der Waals surface area contributed by atoms with E-state index < -0.39 is 0 Å². The first-order valence-electron chi connectivity index (χ1n) is 4.85. The lowest BCUT2D eigenvalue weighted by Gasteiger charge is -2.05. The van der Waals surface area contributed by atoms with Crippen molar-refractivity contribution in [3.8, 4) is 0 Å². The second-order valence-electron chi connectivity index (χ2n) is 3.03. The highest BCUT2D eigenvalue weighted by Gasteiger charge is 1.96. The lowest BCUT2D eigenvalue weighted by Crippen LogP contribution is -2.07. The summed E-state index contributed by atoms with van der Waals surface area (Å²) < 4.78 is 2.81. The predicted molar refractivity (Wildman–Crippen MR) is 81.6 cm³/mol. The first-order chi connectivity index (χ1) is 7.76. The van der Waals surface area contributed by atoms with Crippen molar-refractivity contribution in [1.82, 2.24) is 4.98 Å². The summed E-state index contributed by atoms with van der Waals surface area (Å²) in [5.74, 6) is 0.878. The molecule has 1 aromatic rings. The van der Waals surface area contributed by atoms with Gasteiger partial charge in [0.15, 0.2) is 0 Å². The Morgan fingerprint density at radius 3 is 3.06 bits per heavy atom. The summed E-state index contributed by atoms with van der Waals surface area (Å²) in [6.07, 6.45) is 2.90. The number of nitrogens with one attached hydrogen (secondary N) is 1. The highest BCUT2D eigenvalue weighted by atomic mass is 127. The van der Waals surface area contributed by atoms with Crippen molar-refractivity contribution >= 4 is 50.1 Å². The first kappa shape index (κ1) is 13.6. The number of hydrogen-bond acceptors (Lipinski definition) is 3. The van der Waals surface area contributed by atoms with Gasteiger partial charge in [0.2, 0.25) is 0 Å². The average Bonchev–Trinajstić information content (AvgIpc) is 2.28. The number of halogens is 2. The highest BCUT2D eigenvalue weighted by Crippen LogP contribution is 2.09. The standard InChI is InChI=1S/C11H13BrIN3/c1-14-9(5-7-13)6-8-15-11-4-2-3-10(12)16-11/h2-5,7H,6,8H2,1H3,(H,15,16)/b7-5-,14-9+. The molecule has 16 heavy (non-hydrogen) atoms. The molecule has 0 saturated heterocycles. The van der Waals surface area contributed by atoms with E-state index in [4.69, 9.17) is 0 Å². The van der Waals surface area contributed by atoms with Crippen LogP contribution in [0.1, 0.15) is 6.42 Å². The molecule has 0 unspecified atom stereocenters. The molecule has 1 N–H and O–H groups in total. The molecule has 1 heterocycles. The molecule has 3 nitrogen and oxygen atoms in total. The molecule has 0 fully saturated rings. The number of hydrogen-bond donors (Lipinski definition) is 1. The van der Waals surface area contributed by atoms with Gasteiger partial charge in [0, 0.05) is 25.7 Å². The molecule has 1 rings (SSSR count). The van der Waals surface area contributed by atoms with Crippen molar-refractivity contribution in [3.63, 3.8) is 0 Å². The van der Waals surface area contributed by atoms with Gasteiger partial charge in [0.1, 0.15) is 10.4 Å². The third-order valence-corrected chi connectivity index (χ3v) is 2.75. The van der Waals surface area contributed by atoms with Gasteiger partial charge in [-0.2, -0.15) is 0 Å². The maximum absolute atomic E-state index is 4.29. The van der Waals surface area contributed by atoms with Gasteiger partial charge < -0.3 is 5.32 Å². The monoisotopic (exact) mass is 393 g/mol. The molecule has 86 valence electrons. The second-order valence-corrected chi connectivity index (χ2v) is 4.56. The fraction of sp³-hybridized carbons (Fsp3) is 0.273. The summed E-state index contributed by atoms with van der Waals surface area (Å²) in [4.78, 5) is 8.47. The van der Waals surface area contributed by atoms with Crippen molar-refractivity contribution in [3.05, 3.63) is 33.0 Å². The van der Waals surface area contributed by atoms with Gasteiger partial charge in [-0.3, -0.25) is 4.99 Å². The number of pyridine rings is 1. The maximum atomic E-state index is 4.29. The Morgan fingerprint density at radius 2 is 2.44 bits per heavy atom. The highest BCUT2D eigenvalue weighted by molar-refractivity contribution is 14.1. The predicted octanol–water partition coefficient (Wildman–Crippen LogP) is 3.67. The van der Waals surface area contributed by atoms with Gasteiger partial charge in [0.05, 0.1) is 0 Å². The minimum absolute atomic E-state index is 0.830. The molecular weight excluding hydrogens is 381 g/mol. The van der Waals surface area contributed by atoms with Crippen molar-refractivity contribution in [1.29, 1.82) is 0 Å². The van der Waals surface area contributed by atoms with E-state index in [0.717, 1.165) is 29.1 Å². The van der Waals surface area contributed by atoms with Crippen molar-refractivity contribution in [2.75, 3.05) is 18.9 Å². The van der Waals surface area contributed by atoms with Gasteiger partial charge in [-0.1, -0.05) is 28.7 Å². The van der Waals surface area contributed by atoms with E-state index in [2.05, 4.69) is 53.8 Å². The zero-order valence-electron chi connectivity index (χ0n) is 8.95. The van der Waals surface area contributed by atoms with Crippen molar-refractivity contribution < 1.29 is 0 Å². The van der Waals surface area contributed by atoms with Crippen LogP contribution < -0.4 is 5.32 Å². The van der Waals surface area contributed by atoms with E-state index in [1.54, 1.807) is 0 Å². The van der Waals surface area contributed by atoms with Gasteiger partial charge in [-0.15, -0.1) is 0 Å². The smallest absolute Gasteiger partial charge is 0.127 e. The molecule has 0 atom stereocenters. The van der Waals surface area contributed by atoms with Crippen LogP contribution in [0.3, 0.4) is 0 Å². The fourth-order valence-electron chi connectivity index (χ4n) is 1.17. The Hall–Kier alpha value is -0.430. The average molecular weight is 394 g/mol. The maximum Gasteiger partial charge on any atom is 0.127 e. The first-order valence-corrected chi connectivity index (χ1v) is 6.89. The van der Waals surface area contributed by atoms with Crippen LogP contribution in [0.4, 0.5) is 5.82 Å². The summed E-state index contributed by atoms with van der Waals surface area (Å²) in [6, 6.07) is 5.81. The Balaban J connectivity index is 2.41. The SMILES string of the molecule is C/N=C(\C=C/I)CCNc1cccc(Br)n1. The van der Waals surface area contributed by atoms with E-state index in [1.807, 2.05) is 35.4 Å². The van der Waals surface area contributed by atoms with Gasteiger partial charge in [-0.05, 0) is 38.2 Å². The summed E-state index contributed by atoms with van der Waals surface area (Å²) >= 11 is 5.53. The fourth-order valence-corrected chi connectivity index (χ4v) is 1.93. The van der Waals surface area contributed by atoms with Crippen molar-refractivity contribution in [2.45, 2.75) is 6.42 Å². The normalized spacial score (nSPS) is 12.1. The quantitative estimate of drug-likeness (QED) is 0.470. The Morgan fingerprint density at radius 1 is 1.62 bits per heavy atom. The molecule has 0 aromatic carbocycles. The Bertz CT molecular complexity index is 391. The third kappa shape index (κ3) is 5.07. The van der Waals surface area contributed by atoms with Gasteiger partial charge in [0.25, 0.3) is 0 Å². The van der Waals surface area contributed by atoms with E-state index in [1.165, 1.54) is 0 Å². The second kappa shape index (κ2) is 7.78. The number of aromatic nitrogens is 1. The minimum Gasteiger partial charge on any atom is -0.370 e. The van der Waals surface area contributed by atoms with Crippen LogP contribution in [0.5, 0.6) is 0 Å². The summed E-state index contributed by atoms with van der Waals surface area (Å²) in [6.45, 7) is 0.830. The summed E-state index contributed by atoms with van der Waals surface area (Å²) in [5, 5.41) is 3.25. The molecule has 0 radical (unpaired) electrons. The number of aliphatic imine (C=N–C) groups is 1. The van der Waals surface area contributed by atoms with Crippen LogP contribution >= 0.6 is 38.5 Å². The molecule has 0 aliphatic carbocycles. The van der Waals surface area contributed by atoms with Crippen LogP contribution in [0.15, 0.2) is 38.0 Å². The Kier molecular flexibility index (Phi) is 6.63. The van der Waals surface area contributed by atoms with E-state index in [-0.39, 0.29) is 0 Å². The molecule has 0 amide bonds. The molecule has 0 aliphatic rings. The van der Waals surface area contributed by atoms with Crippen LogP contribution in [0.2, 0.25) is 0 Å². The molecule has 0 spiro atoms. The van der Waals surface area contributed by atoms with Crippen LogP contribution in [-0.2, 0) is 0 Å². The summed E-state index contributed by atoms with van der Waals surface area (Å²) in [7, 11) is 1.81. The molecule has 0 aliphatic heterocycles. The Labute approximate surface area is 118 Å². The number of nitrogens with zero attached hydrogens (tertiary/aromatic N) is 2. The number of allylic oxidation sites excluding steroid dienone is 1. The topological polar surface area (TPSA) is 37.3 Å². The number of rotatable bonds is 5. The minimum atomic E-state index is 0.830. The van der Waals surface area contributed by atoms with Crippen LogP contribution in [-0.4, -0.2) is 24.3 Å². The largest absolute Gasteiger partial charge is 0.370 e. The third-order valence-electron chi connectivity index (χ3n) is 1.94. The lowest BCUT2D eigenvalue weighted by atomic mass is 10.2. The molecule has 5 heteroatoms. The lowest BCUT2D eigenvalue weighted by molar-refractivity contribution is 1.07. The van der Waals surface area contributed by atoms with Crippen molar-refractivity contribution in [2.24, 2.45) is 4.99 Å². The molecule has 1 aromatic heterocycles. The van der Waals surface area contributed by atoms with E-state index >= 15 is 0 Å². The van der Waals surface area contributed by atoms with E-state index in [9.17, 15) is 0 Å². The van der Waals surface area contributed by atoms with Gasteiger partial charge >= 0.3 is 0 Å². The zero-order chi connectivity index (χ0) is 11.8. The zero-order valence-corrected chi connectivity index (χ0v) is 12.7. The van der Waals surface area contributed by atoms with Crippen LogP contribution in [0.25, 0.3) is 0 Å². The molecule has 0 bridgehead atoms. The summed E-state index contributed by atoms with van der Waals surface area (Å²) in [5.41, 5.74) is 1.08. The molecule has 0 saturated carbocycles. The van der Waals surface area contributed by atoms with Crippen LogP contribution in [0, 0.1) is 0 Å². The number of anilines is 1. The van der Waals surface area contributed by atoms with Gasteiger partial charge in [-0.25, -0.2) is 4.98 Å². The van der Waals surface area contributed by atoms with E-state index in [0.29, 0.717) is 0 Å². The molecular formula is C11H13BrIN3.